The summed E-state index contributed by atoms with van der Waals surface area (Å²) in [6.45, 7) is 4.36. The van der Waals surface area contributed by atoms with Crippen LogP contribution in [0.4, 0.5) is 0 Å². The molecule has 0 bridgehead atoms. The zero-order valence-corrected chi connectivity index (χ0v) is 64.7. The maximum Gasteiger partial charge on any atom is 0.472 e. The molecule has 9 nitrogen and oxygen atoms in total. The smallest absolute Gasteiger partial charge is 0.462 e. The van der Waals surface area contributed by atoms with Crippen molar-refractivity contribution in [2.75, 3.05) is 47.5 Å². The lowest BCUT2D eigenvalue weighted by molar-refractivity contribution is -0.870. The number of unbranched alkanes of at least 4 members (excludes halogenated alkanes) is 46. The van der Waals surface area contributed by atoms with Crippen molar-refractivity contribution in [2.24, 2.45) is 0 Å². The molecule has 0 spiro atoms. The highest BCUT2D eigenvalue weighted by Gasteiger charge is 2.27. The van der Waals surface area contributed by atoms with Gasteiger partial charge in [-0.15, -0.1) is 0 Å². The summed E-state index contributed by atoms with van der Waals surface area (Å²) in [6, 6.07) is 0. The highest BCUT2D eigenvalue weighted by Crippen LogP contribution is 2.43. The van der Waals surface area contributed by atoms with E-state index >= 15 is 0 Å². The van der Waals surface area contributed by atoms with Crippen LogP contribution in [-0.2, 0) is 32.7 Å². The molecule has 2 unspecified atom stereocenters. The molecule has 0 radical (unpaired) electrons. The zero-order valence-electron chi connectivity index (χ0n) is 63.9. The second-order valence-electron chi connectivity index (χ2n) is 28.8. The van der Waals surface area contributed by atoms with E-state index in [9.17, 15) is 19.0 Å². The van der Waals surface area contributed by atoms with Crippen LogP contribution in [0, 0.1) is 0 Å². The summed E-state index contributed by atoms with van der Waals surface area (Å²) in [7, 11) is 1.48. The molecule has 1 N–H and O–H groups in total. The molecule has 0 aromatic carbocycles. The van der Waals surface area contributed by atoms with Crippen LogP contribution in [0.15, 0.2) is 97.2 Å². The minimum Gasteiger partial charge on any atom is -0.462 e. The number of allylic oxidation sites excluding steroid dienone is 16. The van der Waals surface area contributed by atoms with Crippen molar-refractivity contribution in [2.45, 2.75) is 392 Å². The van der Waals surface area contributed by atoms with Crippen LogP contribution in [0.3, 0.4) is 0 Å². The number of esters is 2. The van der Waals surface area contributed by atoms with E-state index in [0.717, 1.165) is 96.3 Å². The van der Waals surface area contributed by atoms with Gasteiger partial charge in [0.15, 0.2) is 6.10 Å². The van der Waals surface area contributed by atoms with E-state index in [1.54, 1.807) is 0 Å². The number of nitrogens with zero attached hydrogens (tertiary/aromatic N) is 1. The average Bonchev–Trinajstić information content (AvgIpc) is 1.48. The summed E-state index contributed by atoms with van der Waals surface area (Å²) in [5, 5.41) is 0. The molecule has 96 heavy (non-hydrogen) atoms. The molecule has 0 aliphatic rings. The lowest BCUT2D eigenvalue weighted by atomic mass is 10.0. The van der Waals surface area contributed by atoms with Gasteiger partial charge in [-0.1, -0.05) is 394 Å². The second-order valence-corrected chi connectivity index (χ2v) is 30.2. The Morgan fingerprint density at radius 2 is 0.594 bits per heavy atom. The number of phosphoric ester groups is 1. The zero-order chi connectivity index (χ0) is 69.7. The number of hydrogen-bond acceptors (Lipinski definition) is 7. The predicted octanol–water partition coefficient (Wildman–Crippen LogP) is 27.4. The summed E-state index contributed by atoms with van der Waals surface area (Å²) in [5.41, 5.74) is 0. The Hall–Kier alpha value is -3.07. The van der Waals surface area contributed by atoms with Gasteiger partial charge in [-0.05, 0) is 77.0 Å². The Morgan fingerprint density at radius 1 is 0.333 bits per heavy atom. The molecule has 0 amide bonds. The first-order chi connectivity index (χ1) is 47.0. The fourth-order valence-electron chi connectivity index (χ4n) is 11.9. The van der Waals surface area contributed by atoms with Crippen molar-refractivity contribution in [3.05, 3.63) is 97.2 Å². The Morgan fingerprint density at radius 3 is 0.885 bits per heavy atom. The van der Waals surface area contributed by atoms with Crippen LogP contribution in [0.2, 0.25) is 0 Å². The number of phosphoric acid groups is 1. The van der Waals surface area contributed by atoms with Gasteiger partial charge in [-0.2, -0.15) is 0 Å². The van der Waals surface area contributed by atoms with Crippen LogP contribution in [-0.4, -0.2) is 74.9 Å². The fourth-order valence-corrected chi connectivity index (χ4v) is 12.7. The molecule has 0 aliphatic carbocycles. The molecule has 0 fully saturated rings. The van der Waals surface area contributed by atoms with Crippen LogP contribution >= 0.6 is 7.82 Å². The van der Waals surface area contributed by atoms with E-state index in [0.29, 0.717) is 17.4 Å². The van der Waals surface area contributed by atoms with Crippen molar-refractivity contribution < 1.29 is 42.1 Å². The fraction of sp³-hybridized carbons (Fsp3) is 0.791. The SMILES string of the molecule is CC/C=C\C/C=C\C/C=C\C/C=C\C/C=C\C/C=C\C/C=C\C/C=C\CCCCCCCCCCC(=O)OC(COC(=O)CCCCCCCCCCCCCCCCCCCCCCCCCCCCCCCCCCCCCCCCC)COP(=O)(O)OCC[N+](C)(C)C. The lowest BCUT2D eigenvalue weighted by Gasteiger charge is -2.24. The molecular weight excluding hydrogens is 1210 g/mol. The highest BCUT2D eigenvalue weighted by molar-refractivity contribution is 7.47. The van der Waals surface area contributed by atoms with Crippen molar-refractivity contribution in [1.82, 2.24) is 0 Å². The molecule has 0 aliphatic heterocycles. The average molecular weight is 1360 g/mol. The maximum atomic E-state index is 12.9. The normalized spacial score (nSPS) is 13.5. The molecule has 0 heterocycles. The number of carbonyl (C=O) groups excluding carboxylic acids is 2. The van der Waals surface area contributed by atoms with Gasteiger partial charge in [0.1, 0.15) is 19.8 Å². The molecule has 0 saturated heterocycles. The van der Waals surface area contributed by atoms with Crippen molar-refractivity contribution >= 4 is 19.8 Å². The van der Waals surface area contributed by atoms with Crippen molar-refractivity contribution in [1.29, 1.82) is 0 Å². The van der Waals surface area contributed by atoms with E-state index in [1.165, 1.54) is 257 Å². The molecule has 0 aromatic rings. The molecular formula is C86H157NO8P+. The first kappa shape index (κ1) is 92.9. The van der Waals surface area contributed by atoms with Gasteiger partial charge < -0.3 is 18.9 Å². The molecule has 10 heteroatoms. The van der Waals surface area contributed by atoms with Crippen LogP contribution in [0.25, 0.3) is 0 Å². The van der Waals surface area contributed by atoms with Crippen LogP contribution in [0.5, 0.6) is 0 Å². The van der Waals surface area contributed by atoms with E-state index < -0.39 is 26.5 Å². The molecule has 558 valence electrons. The Kier molecular flexibility index (Phi) is 73.7. The maximum absolute atomic E-state index is 12.9. The van der Waals surface area contributed by atoms with E-state index in [4.69, 9.17) is 18.5 Å². The van der Waals surface area contributed by atoms with Crippen LogP contribution < -0.4 is 0 Å². The first-order valence-electron chi connectivity index (χ1n) is 41.0. The standard InChI is InChI=1S/C86H156NO8P/c1-6-8-10-12-14-16-18-20-22-24-26-28-30-32-34-36-38-40-41-42-43-44-45-47-48-50-52-54-56-58-60-62-64-66-68-70-72-74-76-78-85(88)92-82-84(83-94-96(90,91)93-81-80-87(3,4)5)95-86(89)79-77-75-73-71-69-67-65-63-61-59-57-55-53-51-49-46-39-37-35-33-31-29-27-25-23-21-19-17-15-13-11-9-7-2/h9,11,15,17,21,23,27,29,33,35,39,46,51,53,57,59,84H,6-8,10,12-14,16,18-20,22,24-26,28,30-32,34,36-38,40-45,47-50,52,54-56,58,60-83H2,1-5H3/p+1/b11-9-,17-15-,23-21-,29-27-,35-33-,46-39-,53-51-,59-57-. The number of rotatable bonds is 76. The highest BCUT2D eigenvalue weighted by atomic mass is 31.2. The molecule has 0 saturated carbocycles. The minimum absolute atomic E-state index is 0.0274. The summed E-state index contributed by atoms with van der Waals surface area (Å²) < 4.78 is 34.8. The lowest BCUT2D eigenvalue weighted by Crippen LogP contribution is -2.37. The van der Waals surface area contributed by atoms with Gasteiger partial charge in [0, 0.05) is 12.8 Å². The monoisotopic (exact) mass is 1360 g/mol. The molecule has 0 aromatic heterocycles. The third-order valence-corrected chi connectivity index (χ3v) is 19.1. The molecule has 0 rings (SSSR count). The van der Waals surface area contributed by atoms with Crippen LogP contribution in [0.1, 0.15) is 386 Å². The number of carbonyl (C=O) groups is 2. The van der Waals surface area contributed by atoms with Gasteiger partial charge in [0.25, 0.3) is 0 Å². The third kappa shape index (κ3) is 79.9. The summed E-state index contributed by atoms with van der Waals surface area (Å²) in [4.78, 5) is 36.0. The predicted molar refractivity (Wildman–Crippen MR) is 418 cm³/mol. The summed E-state index contributed by atoms with van der Waals surface area (Å²) >= 11 is 0. The number of quaternary nitrogens is 1. The quantitative estimate of drug-likeness (QED) is 0.0211. The van der Waals surface area contributed by atoms with E-state index in [1.807, 2.05) is 21.1 Å². The number of likely N-dealkylation sites (N-methyl/N-ethyl adjacent to an activating group) is 1. The third-order valence-electron chi connectivity index (χ3n) is 18.1. The Labute approximate surface area is 595 Å². The van der Waals surface area contributed by atoms with Crippen molar-refractivity contribution in [3.63, 3.8) is 0 Å². The Balaban J connectivity index is 3.95. The van der Waals surface area contributed by atoms with Gasteiger partial charge in [-0.3, -0.25) is 18.6 Å². The van der Waals surface area contributed by atoms with Gasteiger partial charge in [0.2, 0.25) is 0 Å². The summed E-state index contributed by atoms with van der Waals surface area (Å²) in [6.07, 6.45) is 107. The topological polar surface area (TPSA) is 108 Å². The van der Waals surface area contributed by atoms with Gasteiger partial charge in [0.05, 0.1) is 27.7 Å². The van der Waals surface area contributed by atoms with Gasteiger partial charge in [-0.25, -0.2) is 4.57 Å². The Bertz CT molecular complexity index is 1940. The van der Waals surface area contributed by atoms with E-state index in [2.05, 4.69) is 111 Å². The number of hydrogen-bond donors (Lipinski definition) is 1. The largest absolute Gasteiger partial charge is 0.472 e. The van der Waals surface area contributed by atoms with Gasteiger partial charge >= 0.3 is 19.8 Å². The summed E-state index contributed by atoms with van der Waals surface area (Å²) in [5.74, 6) is -0.796. The minimum atomic E-state index is -4.40. The number of ether oxygens (including phenoxy) is 2. The molecule has 2 atom stereocenters. The van der Waals surface area contributed by atoms with E-state index in [-0.39, 0.29) is 32.0 Å². The first-order valence-corrected chi connectivity index (χ1v) is 42.5. The second kappa shape index (κ2) is 76.1. The van der Waals surface area contributed by atoms with Crippen molar-refractivity contribution in [3.8, 4) is 0 Å².